The number of benzene rings is 2. The molecule has 19 heavy (non-hydrogen) atoms. The van der Waals surface area contributed by atoms with Gasteiger partial charge in [-0.1, -0.05) is 30.3 Å². The van der Waals surface area contributed by atoms with Gasteiger partial charge in [-0.3, -0.25) is 4.79 Å². The molecular formula is C16H12F2O. The molecule has 96 valence electrons. The molecule has 0 N–H and O–H groups in total. The Morgan fingerprint density at radius 1 is 1.16 bits per heavy atom. The number of Topliss-reactive ketones (excluding diaryl/α,β-unsaturated/α-hetero) is 1. The van der Waals surface area contributed by atoms with E-state index >= 15 is 0 Å². The monoisotopic (exact) mass is 258 g/mol. The number of halogens is 2. The van der Waals surface area contributed by atoms with E-state index in [-0.39, 0.29) is 23.7 Å². The summed E-state index contributed by atoms with van der Waals surface area (Å²) in [6, 6.07) is 11.1. The van der Waals surface area contributed by atoms with Crippen LogP contribution in [-0.2, 0) is 17.6 Å². The first-order valence-electron chi connectivity index (χ1n) is 6.19. The van der Waals surface area contributed by atoms with Crippen molar-refractivity contribution >= 4 is 5.78 Å². The maximum atomic E-state index is 13.5. The molecule has 1 unspecified atom stereocenters. The van der Waals surface area contributed by atoms with Crippen LogP contribution in [0, 0.1) is 11.6 Å². The van der Waals surface area contributed by atoms with Crippen LogP contribution in [0.4, 0.5) is 8.78 Å². The molecule has 0 spiro atoms. The van der Waals surface area contributed by atoms with E-state index in [0.717, 1.165) is 18.1 Å². The van der Waals surface area contributed by atoms with Gasteiger partial charge in [0.15, 0.2) is 0 Å². The summed E-state index contributed by atoms with van der Waals surface area (Å²) < 4.78 is 26.3. The van der Waals surface area contributed by atoms with Gasteiger partial charge >= 0.3 is 0 Å². The third-order valence-corrected chi connectivity index (χ3v) is 3.62. The Morgan fingerprint density at radius 2 is 1.95 bits per heavy atom. The van der Waals surface area contributed by atoms with E-state index in [1.807, 2.05) is 24.3 Å². The number of carbonyl (C=O) groups is 1. The number of carbonyl (C=O) groups excluding carboxylic acids is 1. The highest BCUT2D eigenvalue weighted by Crippen LogP contribution is 2.36. The van der Waals surface area contributed by atoms with Crippen molar-refractivity contribution in [1.29, 1.82) is 0 Å². The SMILES string of the molecule is O=C(Cc1ccc(F)cc1F)C1Cc2ccccc21. The molecule has 3 rings (SSSR count). The zero-order valence-corrected chi connectivity index (χ0v) is 10.2. The minimum atomic E-state index is -0.652. The molecule has 0 saturated carbocycles. The molecule has 3 heteroatoms. The molecule has 1 aliphatic rings. The highest BCUT2D eigenvalue weighted by atomic mass is 19.1. The maximum Gasteiger partial charge on any atom is 0.145 e. The third kappa shape index (κ3) is 2.16. The molecule has 0 fully saturated rings. The predicted octanol–water partition coefficient (Wildman–Crippen LogP) is 3.42. The topological polar surface area (TPSA) is 17.1 Å². The average Bonchev–Trinajstić information content (AvgIpc) is 2.34. The summed E-state index contributed by atoms with van der Waals surface area (Å²) in [4.78, 5) is 12.1. The van der Waals surface area contributed by atoms with Crippen molar-refractivity contribution in [3.05, 3.63) is 70.8 Å². The van der Waals surface area contributed by atoms with Crippen LogP contribution in [0.15, 0.2) is 42.5 Å². The molecule has 0 heterocycles. The Morgan fingerprint density at radius 3 is 2.68 bits per heavy atom. The van der Waals surface area contributed by atoms with E-state index in [0.29, 0.717) is 0 Å². The molecule has 0 radical (unpaired) electrons. The summed E-state index contributed by atoms with van der Waals surface area (Å²) in [6.07, 6.45) is 0.739. The smallest absolute Gasteiger partial charge is 0.145 e. The van der Waals surface area contributed by atoms with Crippen LogP contribution in [0.3, 0.4) is 0 Å². The van der Waals surface area contributed by atoms with Gasteiger partial charge in [0.05, 0.1) is 0 Å². The Hall–Kier alpha value is -2.03. The van der Waals surface area contributed by atoms with Crippen molar-refractivity contribution in [2.75, 3.05) is 0 Å². The van der Waals surface area contributed by atoms with Crippen LogP contribution in [-0.4, -0.2) is 5.78 Å². The van der Waals surface area contributed by atoms with Crippen molar-refractivity contribution in [3.63, 3.8) is 0 Å². The molecule has 2 aromatic carbocycles. The van der Waals surface area contributed by atoms with Gasteiger partial charge in [-0.05, 0) is 29.2 Å². The predicted molar refractivity (Wildman–Crippen MR) is 68.0 cm³/mol. The second kappa shape index (κ2) is 4.57. The van der Waals surface area contributed by atoms with Gasteiger partial charge in [-0.2, -0.15) is 0 Å². The molecule has 2 aromatic rings. The van der Waals surface area contributed by atoms with Crippen molar-refractivity contribution in [1.82, 2.24) is 0 Å². The second-order valence-corrected chi connectivity index (χ2v) is 4.83. The van der Waals surface area contributed by atoms with Crippen LogP contribution in [0.2, 0.25) is 0 Å². The van der Waals surface area contributed by atoms with Gasteiger partial charge in [0, 0.05) is 18.4 Å². The highest BCUT2D eigenvalue weighted by Gasteiger charge is 2.31. The standard InChI is InChI=1S/C16H12F2O/c17-12-6-5-11(15(18)9-12)8-16(19)14-7-10-3-1-2-4-13(10)14/h1-6,9,14H,7-8H2. The molecule has 1 aliphatic carbocycles. The number of hydrogen-bond acceptors (Lipinski definition) is 1. The van der Waals surface area contributed by atoms with Gasteiger partial charge in [0.25, 0.3) is 0 Å². The molecule has 0 saturated heterocycles. The number of fused-ring (bicyclic) bond motifs is 1. The van der Waals surface area contributed by atoms with E-state index in [1.54, 1.807) is 0 Å². The van der Waals surface area contributed by atoms with Crippen LogP contribution in [0.1, 0.15) is 22.6 Å². The lowest BCUT2D eigenvalue weighted by atomic mass is 9.74. The number of ketones is 1. The van der Waals surface area contributed by atoms with Crippen molar-refractivity contribution in [2.45, 2.75) is 18.8 Å². The number of hydrogen-bond donors (Lipinski definition) is 0. The fourth-order valence-corrected chi connectivity index (χ4v) is 2.52. The van der Waals surface area contributed by atoms with Crippen molar-refractivity contribution in [3.8, 4) is 0 Å². The van der Waals surface area contributed by atoms with E-state index < -0.39 is 11.6 Å². The fraction of sp³-hybridized carbons (Fsp3) is 0.188. The van der Waals surface area contributed by atoms with Gasteiger partial charge in [0.1, 0.15) is 17.4 Å². The van der Waals surface area contributed by atoms with Crippen LogP contribution in [0.25, 0.3) is 0 Å². The Bertz CT molecular complexity index is 649. The lowest BCUT2D eigenvalue weighted by Gasteiger charge is -2.28. The molecule has 0 amide bonds. The summed E-state index contributed by atoms with van der Waals surface area (Å²) >= 11 is 0. The zero-order chi connectivity index (χ0) is 13.4. The van der Waals surface area contributed by atoms with Gasteiger partial charge in [-0.25, -0.2) is 8.78 Å². The van der Waals surface area contributed by atoms with Crippen LogP contribution >= 0.6 is 0 Å². The molecular weight excluding hydrogens is 246 g/mol. The van der Waals surface area contributed by atoms with E-state index in [1.165, 1.54) is 17.7 Å². The summed E-state index contributed by atoms with van der Waals surface area (Å²) in [6.45, 7) is 0. The summed E-state index contributed by atoms with van der Waals surface area (Å²) in [5.41, 5.74) is 2.48. The quantitative estimate of drug-likeness (QED) is 0.824. The third-order valence-electron chi connectivity index (χ3n) is 3.62. The largest absolute Gasteiger partial charge is 0.299 e. The molecule has 1 atom stereocenters. The Balaban J connectivity index is 1.77. The van der Waals surface area contributed by atoms with Crippen molar-refractivity contribution in [2.24, 2.45) is 0 Å². The molecule has 1 nitrogen and oxygen atoms in total. The first kappa shape index (κ1) is 12.0. The van der Waals surface area contributed by atoms with E-state index in [9.17, 15) is 13.6 Å². The van der Waals surface area contributed by atoms with Crippen LogP contribution in [0.5, 0.6) is 0 Å². The zero-order valence-electron chi connectivity index (χ0n) is 10.2. The summed E-state index contributed by atoms with van der Waals surface area (Å²) in [7, 11) is 0. The van der Waals surface area contributed by atoms with Crippen molar-refractivity contribution < 1.29 is 13.6 Å². The summed E-state index contributed by atoms with van der Waals surface area (Å²) in [5, 5.41) is 0. The van der Waals surface area contributed by atoms with Gasteiger partial charge in [-0.15, -0.1) is 0 Å². The number of rotatable bonds is 3. The van der Waals surface area contributed by atoms with Gasteiger partial charge < -0.3 is 0 Å². The highest BCUT2D eigenvalue weighted by molar-refractivity contribution is 5.90. The molecule has 0 aromatic heterocycles. The minimum Gasteiger partial charge on any atom is -0.299 e. The first-order chi connectivity index (χ1) is 9.15. The maximum absolute atomic E-state index is 13.5. The Kier molecular flexibility index (Phi) is 2.90. The van der Waals surface area contributed by atoms with E-state index in [4.69, 9.17) is 0 Å². The lowest BCUT2D eigenvalue weighted by Crippen LogP contribution is -2.26. The first-order valence-corrected chi connectivity index (χ1v) is 6.19. The Labute approximate surface area is 109 Å². The second-order valence-electron chi connectivity index (χ2n) is 4.83. The fourth-order valence-electron chi connectivity index (χ4n) is 2.52. The molecule has 0 aliphatic heterocycles. The average molecular weight is 258 g/mol. The lowest BCUT2D eigenvalue weighted by molar-refractivity contribution is -0.120. The molecule has 0 bridgehead atoms. The minimum absolute atomic E-state index is 0.00999. The van der Waals surface area contributed by atoms with E-state index in [2.05, 4.69) is 0 Å². The van der Waals surface area contributed by atoms with Gasteiger partial charge in [0.2, 0.25) is 0 Å². The van der Waals surface area contributed by atoms with Crippen LogP contribution < -0.4 is 0 Å². The normalized spacial score (nSPS) is 16.6. The summed E-state index contributed by atoms with van der Waals surface area (Å²) in [5.74, 6) is -1.42.